The minimum atomic E-state index is -0.471. The van der Waals surface area contributed by atoms with Crippen molar-refractivity contribution in [3.63, 3.8) is 0 Å². The van der Waals surface area contributed by atoms with Gasteiger partial charge in [0.05, 0.1) is 10.0 Å². The molecule has 1 aliphatic heterocycles. The summed E-state index contributed by atoms with van der Waals surface area (Å²) in [5.74, 6) is 0. The van der Waals surface area contributed by atoms with Gasteiger partial charge in [-0.05, 0) is 44.9 Å². The predicted molar refractivity (Wildman–Crippen MR) is 89.8 cm³/mol. The molecular formula is C16H22Cl2N2O2. The average Bonchev–Trinajstić information content (AvgIpc) is 2.41. The quantitative estimate of drug-likeness (QED) is 0.888. The standard InChI is InChI=1S/C16H22Cl2N2O2/c1-16(2,3)22-15(21)20-7-6-19-12(10-20)8-11-4-5-13(17)14(18)9-11/h4-5,9,12,19H,6-8,10H2,1-3H3/t12-/m0/s1. The molecular weight excluding hydrogens is 323 g/mol. The lowest BCUT2D eigenvalue weighted by Gasteiger charge is -2.35. The van der Waals surface area contributed by atoms with Crippen LogP contribution in [0.5, 0.6) is 0 Å². The van der Waals surface area contributed by atoms with Crippen molar-refractivity contribution in [2.24, 2.45) is 0 Å². The van der Waals surface area contributed by atoms with E-state index in [-0.39, 0.29) is 12.1 Å². The first-order valence-corrected chi connectivity index (χ1v) is 8.15. The number of nitrogens with one attached hydrogen (secondary N) is 1. The van der Waals surface area contributed by atoms with Crippen molar-refractivity contribution in [3.05, 3.63) is 33.8 Å². The van der Waals surface area contributed by atoms with E-state index >= 15 is 0 Å². The van der Waals surface area contributed by atoms with E-state index in [1.54, 1.807) is 11.0 Å². The Kier molecular flexibility index (Phi) is 5.59. The number of carbonyl (C=O) groups is 1. The van der Waals surface area contributed by atoms with Crippen molar-refractivity contribution in [1.82, 2.24) is 10.2 Å². The molecule has 1 aromatic rings. The van der Waals surface area contributed by atoms with Gasteiger partial charge in [0, 0.05) is 25.7 Å². The van der Waals surface area contributed by atoms with Crippen LogP contribution in [0.1, 0.15) is 26.3 Å². The van der Waals surface area contributed by atoms with E-state index < -0.39 is 5.60 Å². The van der Waals surface area contributed by atoms with E-state index in [1.165, 1.54) is 0 Å². The summed E-state index contributed by atoms with van der Waals surface area (Å²) >= 11 is 12.0. The highest BCUT2D eigenvalue weighted by Gasteiger charge is 2.27. The van der Waals surface area contributed by atoms with Gasteiger partial charge >= 0.3 is 6.09 Å². The van der Waals surface area contributed by atoms with E-state index in [1.807, 2.05) is 32.9 Å². The number of ether oxygens (including phenoxy) is 1. The Morgan fingerprint density at radius 3 is 2.73 bits per heavy atom. The summed E-state index contributed by atoms with van der Waals surface area (Å²) in [5.41, 5.74) is 0.624. The van der Waals surface area contributed by atoms with Crippen LogP contribution in [0.15, 0.2) is 18.2 Å². The summed E-state index contributed by atoms with van der Waals surface area (Å²) in [5, 5.41) is 4.53. The lowest BCUT2D eigenvalue weighted by atomic mass is 10.0. The van der Waals surface area contributed by atoms with E-state index in [9.17, 15) is 4.79 Å². The van der Waals surface area contributed by atoms with Crippen molar-refractivity contribution in [1.29, 1.82) is 0 Å². The zero-order valence-electron chi connectivity index (χ0n) is 13.2. The van der Waals surface area contributed by atoms with Gasteiger partial charge in [-0.15, -0.1) is 0 Å². The number of carbonyl (C=O) groups excluding carboxylic acids is 1. The monoisotopic (exact) mass is 344 g/mol. The second kappa shape index (κ2) is 7.07. The first-order chi connectivity index (χ1) is 10.2. The smallest absolute Gasteiger partial charge is 0.410 e. The number of nitrogens with zero attached hydrogens (tertiary/aromatic N) is 1. The van der Waals surface area contributed by atoms with Crippen LogP contribution in [0.2, 0.25) is 10.0 Å². The van der Waals surface area contributed by atoms with Gasteiger partial charge in [0.1, 0.15) is 5.60 Å². The lowest BCUT2D eigenvalue weighted by Crippen LogP contribution is -2.54. The molecule has 0 spiro atoms. The molecule has 0 aliphatic carbocycles. The second-order valence-electron chi connectivity index (χ2n) is 6.53. The van der Waals surface area contributed by atoms with Crippen LogP contribution >= 0.6 is 23.2 Å². The summed E-state index contributed by atoms with van der Waals surface area (Å²) in [6.07, 6.45) is 0.532. The molecule has 0 unspecified atom stereocenters. The van der Waals surface area contributed by atoms with E-state index in [2.05, 4.69) is 5.32 Å². The Morgan fingerprint density at radius 1 is 1.36 bits per heavy atom. The number of piperazine rings is 1. The Labute approximate surface area is 141 Å². The van der Waals surface area contributed by atoms with Crippen LogP contribution in [0.3, 0.4) is 0 Å². The molecule has 1 aliphatic rings. The molecule has 0 aromatic heterocycles. The zero-order chi connectivity index (χ0) is 16.3. The molecule has 1 N–H and O–H groups in total. The highest BCUT2D eigenvalue weighted by atomic mass is 35.5. The molecule has 1 heterocycles. The number of hydrogen-bond acceptors (Lipinski definition) is 3. The van der Waals surface area contributed by atoms with Gasteiger partial charge in [-0.25, -0.2) is 4.79 Å². The van der Waals surface area contributed by atoms with Crippen LogP contribution in [0, 0.1) is 0 Å². The molecule has 1 saturated heterocycles. The number of hydrogen-bond donors (Lipinski definition) is 1. The molecule has 1 atom stereocenters. The Balaban J connectivity index is 1.95. The molecule has 1 fully saturated rings. The van der Waals surface area contributed by atoms with E-state index in [4.69, 9.17) is 27.9 Å². The predicted octanol–water partition coefficient (Wildman–Crippen LogP) is 3.74. The highest BCUT2D eigenvalue weighted by molar-refractivity contribution is 6.42. The maximum Gasteiger partial charge on any atom is 0.410 e. The third-order valence-electron chi connectivity index (χ3n) is 3.37. The third kappa shape index (κ3) is 5.04. The minimum Gasteiger partial charge on any atom is -0.444 e. The van der Waals surface area contributed by atoms with Gasteiger partial charge < -0.3 is 15.0 Å². The SMILES string of the molecule is CC(C)(C)OC(=O)N1CCN[C@@H](Cc2ccc(Cl)c(Cl)c2)C1. The molecule has 22 heavy (non-hydrogen) atoms. The Bertz CT molecular complexity index is 543. The topological polar surface area (TPSA) is 41.6 Å². The van der Waals surface area contributed by atoms with Gasteiger partial charge in [0.2, 0.25) is 0 Å². The first kappa shape index (κ1) is 17.4. The lowest BCUT2D eigenvalue weighted by molar-refractivity contribution is 0.0195. The number of amides is 1. The van der Waals surface area contributed by atoms with Crippen molar-refractivity contribution < 1.29 is 9.53 Å². The Morgan fingerprint density at radius 2 is 2.09 bits per heavy atom. The van der Waals surface area contributed by atoms with Crippen LogP contribution in [-0.2, 0) is 11.2 Å². The molecule has 6 heteroatoms. The summed E-state index contributed by atoms with van der Waals surface area (Å²) in [6, 6.07) is 5.81. The molecule has 0 saturated carbocycles. The summed E-state index contributed by atoms with van der Waals surface area (Å²) < 4.78 is 5.43. The number of rotatable bonds is 2. The van der Waals surface area contributed by atoms with Crippen LogP contribution in [0.25, 0.3) is 0 Å². The van der Waals surface area contributed by atoms with Crippen molar-refractivity contribution in [3.8, 4) is 0 Å². The first-order valence-electron chi connectivity index (χ1n) is 7.40. The Hall–Kier alpha value is -0.970. The van der Waals surface area contributed by atoms with Crippen molar-refractivity contribution in [2.75, 3.05) is 19.6 Å². The van der Waals surface area contributed by atoms with E-state index in [0.717, 1.165) is 18.5 Å². The zero-order valence-corrected chi connectivity index (χ0v) is 14.7. The summed E-state index contributed by atoms with van der Waals surface area (Å²) in [6.45, 7) is 7.66. The van der Waals surface area contributed by atoms with Gasteiger partial charge in [-0.1, -0.05) is 29.3 Å². The molecule has 1 amide bonds. The number of halogens is 2. The van der Waals surface area contributed by atoms with Crippen molar-refractivity contribution >= 4 is 29.3 Å². The van der Waals surface area contributed by atoms with Gasteiger partial charge in [-0.3, -0.25) is 0 Å². The molecule has 0 bridgehead atoms. The van der Waals surface area contributed by atoms with Crippen LogP contribution < -0.4 is 5.32 Å². The number of benzene rings is 1. The minimum absolute atomic E-state index is 0.179. The fourth-order valence-electron chi connectivity index (χ4n) is 2.41. The summed E-state index contributed by atoms with van der Waals surface area (Å²) in [7, 11) is 0. The van der Waals surface area contributed by atoms with Gasteiger partial charge in [0.25, 0.3) is 0 Å². The van der Waals surface area contributed by atoms with Crippen molar-refractivity contribution in [2.45, 2.75) is 38.8 Å². The normalized spacial score (nSPS) is 19.1. The highest BCUT2D eigenvalue weighted by Crippen LogP contribution is 2.23. The fourth-order valence-corrected chi connectivity index (χ4v) is 2.73. The molecule has 1 aromatic carbocycles. The molecule has 0 radical (unpaired) electrons. The molecule has 2 rings (SSSR count). The maximum atomic E-state index is 12.1. The second-order valence-corrected chi connectivity index (χ2v) is 7.34. The maximum absolute atomic E-state index is 12.1. The largest absolute Gasteiger partial charge is 0.444 e. The van der Waals surface area contributed by atoms with Crippen LogP contribution in [-0.4, -0.2) is 42.3 Å². The summed E-state index contributed by atoms with van der Waals surface area (Å²) in [4.78, 5) is 13.9. The molecule has 4 nitrogen and oxygen atoms in total. The van der Waals surface area contributed by atoms with Crippen LogP contribution in [0.4, 0.5) is 4.79 Å². The third-order valence-corrected chi connectivity index (χ3v) is 4.11. The van der Waals surface area contributed by atoms with Gasteiger partial charge in [-0.2, -0.15) is 0 Å². The molecule has 122 valence electrons. The average molecular weight is 345 g/mol. The van der Waals surface area contributed by atoms with E-state index in [0.29, 0.717) is 23.1 Å². The van der Waals surface area contributed by atoms with Gasteiger partial charge in [0.15, 0.2) is 0 Å². The fraction of sp³-hybridized carbons (Fsp3) is 0.562.